The van der Waals surface area contributed by atoms with Crippen molar-refractivity contribution in [2.45, 2.75) is 18.2 Å². The maximum absolute atomic E-state index is 6.15. The Morgan fingerprint density at radius 2 is 2.07 bits per heavy atom. The third-order valence-corrected chi connectivity index (χ3v) is 2.29. The van der Waals surface area contributed by atoms with Crippen molar-refractivity contribution in [3.63, 3.8) is 0 Å². The molecule has 0 amide bonds. The summed E-state index contributed by atoms with van der Waals surface area (Å²) in [7, 11) is 0. The lowest BCUT2D eigenvalue weighted by Crippen LogP contribution is -1.90. The molecule has 14 heavy (non-hydrogen) atoms. The molecule has 0 saturated heterocycles. The molecule has 0 aromatic heterocycles. The van der Waals surface area contributed by atoms with E-state index in [1.807, 2.05) is 30.3 Å². The van der Waals surface area contributed by atoms with Gasteiger partial charge >= 0.3 is 0 Å². The van der Waals surface area contributed by atoms with Crippen LogP contribution in [0.3, 0.4) is 0 Å². The van der Waals surface area contributed by atoms with Crippen molar-refractivity contribution < 1.29 is 4.84 Å². The number of nitrogens with two attached hydrogens (primary N) is 1. The second-order valence-electron chi connectivity index (χ2n) is 2.81. The van der Waals surface area contributed by atoms with Crippen molar-refractivity contribution in [2.75, 3.05) is 0 Å². The van der Waals surface area contributed by atoms with E-state index >= 15 is 0 Å². The van der Waals surface area contributed by atoms with Crippen LogP contribution >= 0.6 is 11.6 Å². The Bertz CT molecular complexity index is 315. The van der Waals surface area contributed by atoms with Gasteiger partial charge in [-0.3, -0.25) is 0 Å². The van der Waals surface area contributed by atoms with Crippen LogP contribution < -0.4 is 5.90 Å². The molecule has 0 radical (unpaired) electrons. The van der Waals surface area contributed by atoms with Gasteiger partial charge in [0.1, 0.15) is 6.11 Å². The highest BCUT2D eigenvalue weighted by Gasteiger charge is 2.05. The van der Waals surface area contributed by atoms with Crippen LogP contribution in [0.15, 0.2) is 30.3 Å². The molecule has 0 saturated carbocycles. The first-order valence-electron chi connectivity index (χ1n) is 4.37. The molecule has 1 aromatic carbocycles. The van der Waals surface area contributed by atoms with Crippen LogP contribution in [0.25, 0.3) is 0 Å². The van der Waals surface area contributed by atoms with Gasteiger partial charge in [0.2, 0.25) is 0 Å². The Morgan fingerprint density at radius 3 is 2.71 bits per heavy atom. The van der Waals surface area contributed by atoms with Gasteiger partial charge in [-0.05, 0) is 12.0 Å². The largest absolute Gasteiger partial charge is 0.359 e. The molecule has 1 atom stereocenters. The van der Waals surface area contributed by atoms with Crippen molar-refractivity contribution in [2.24, 2.45) is 5.90 Å². The van der Waals surface area contributed by atoms with Crippen molar-refractivity contribution in [3.8, 4) is 12.0 Å². The first-order valence-corrected chi connectivity index (χ1v) is 4.81. The van der Waals surface area contributed by atoms with Crippen molar-refractivity contribution in [3.05, 3.63) is 35.9 Å². The summed E-state index contributed by atoms with van der Waals surface area (Å²) in [6.07, 6.45) is 3.80. The molecule has 3 heteroatoms. The van der Waals surface area contributed by atoms with Gasteiger partial charge in [0.15, 0.2) is 0 Å². The summed E-state index contributed by atoms with van der Waals surface area (Å²) in [6.45, 7) is 0. The lowest BCUT2D eigenvalue weighted by Gasteiger charge is -2.06. The molecule has 2 nitrogen and oxygen atoms in total. The highest BCUT2D eigenvalue weighted by molar-refractivity contribution is 6.20. The van der Waals surface area contributed by atoms with E-state index in [1.165, 1.54) is 0 Å². The lowest BCUT2D eigenvalue weighted by molar-refractivity contribution is 0.291. The van der Waals surface area contributed by atoms with Crippen LogP contribution in [0.1, 0.15) is 23.8 Å². The predicted octanol–water partition coefficient (Wildman–Crippen LogP) is 2.60. The van der Waals surface area contributed by atoms with Gasteiger partial charge in [-0.2, -0.15) is 5.90 Å². The average Bonchev–Trinajstić information content (AvgIpc) is 2.25. The maximum atomic E-state index is 6.15. The topological polar surface area (TPSA) is 35.2 Å². The summed E-state index contributed by atoms with van der Waals surface area (Å²) in [5.41, 5.74) is 1.12. The summed E-state index contributed by atoms with van der Waals surface area (Å²) in [5, 5.41) is 0.00303. The van der Waals surface area contributed by atoms with E-state index in [-0.39, 0.29) is 5.38 Å². The molecule has 1 aromatic rings. The van der Waals surface area contributed by atoms with Crippen LogP contribution in [0, 0.1) is 12.0 Å². The number of rotatable bonds is 3. The van der Waals surface area contributed by atoms with E-state index in [0.29, 0.717) is 6.42 Å². The monoisotopic (exact) mass is 209 g/mol. The summed E-state index contributed by atoms with van der Waals surface area (Å²) in [5.74, 6) is 7.50. The summed E-state index contributed by atoms with van der Waals surface area (Å²) in [4.78, 5) is 4.13. The first-order chi connectivity index (χ1) is 6.84. The van der Waals surface area contributed by atoms with Gasteiger partial charge in [-0.1, -0.05) is 36.3 Å². The normalized spacial score (nSPS) is 11.3. The highest BCUT2D eigenvalue weighted by atomic mass is 35.5. The molecule has 0 fully saturated rings. The van der Waals surface area contributed by atoms with E-state index in [0.717, 1.165) is 12.0 Å². The molecule has 2 N–H and O–H groups in total. The third kappa shape index (κ3) is 3.69. The van der Waals surface area contributed by atoms with Crippen molar-refractivity contribution in [1.82, 2.24) is 0 Å². The van der Waals surface area contributed by atoms with E-state index in [4.69, 9.17) is 17.5 Å². The SMILES string of the molecule is NOC#CCCC(Cl)c1ccccc1. The van der Waals surface area contributed by atoms with Gasteiger partial charge in [0.05, 0.1) is 5.38 Å². The molecule has 0 aliphatic carbocycles. The zero-order valence-corrected chi connectivity index (χ0v) is 8.50. The molecule has 0 heterocycles. The van der Waals surface area contributed by atoms with Crippen LogP contribution in [0.4, 0.5) is 0 Å². The molecular weight excluding hydrogens is 198 g/mol. The fourth-order valence-electron chi connectivity index (χ4n) is 1.12. The molecule has 0 aliphatic heterocycles. The minimum Gasteiger partial charge on any atom is -0.359 e. The maximum Gasteiger partial charge on any atom is 0.137 e. The summed E-state index contributed by atoms with van der Waals surface area (Å²) in [6, 6.07) is 9.92. The second kappa shape index (κ2) is 6.31. The quantitative estimate of drug-likeness (QED) is 0.472. The second-order valence-corrected chi connectivity index (χ2v) is 3.34. The Hall–Kier alpha value is -1.17. The third-order valence-electron chi connectivity index (χ3n) is 1.82. The minimum absolute atomic E-state index is 0.00303. The molecule has 74 valence electrons. The summed E-state index contributed by atoms with van der Waals surface area (Å²) < 4.78 is 0. The standard InChI is InChI=1S/C11H12ClNO/c12-11(8-4-5-9-14-13)10-6-2-1-3-7-10/h1-3,6-7,11H,4,8,13H2. The zero-order chi connectivity index (χ0) is 10.2. The van der Waals surface area contributed by atoms with Crippen LogP contribution in [-0.2, 0) is 4.84 Å². The lowest BCUT2D eigenvalue weighted by atomic mass is 10.1. The van der Waals surface area contributed by atoms with Crippen LogP contribution in [-0.4, -0.2) is 0 Å². The number of halogens is 1. The fraction of sp³-hybridized carbons (Fsp3) is 0.273. The van der Waals surface area contributed by atoms with Gasteiger partial charge in [0, 0.05) is 6.42 Å². The molecule has 1 unspecified atom stereocenters. The number of hydrogen-bond acceptors (Lipinski definition) is 2. The van der Waals surface area contributed by atoms with E-state index in [2.05, 4.69) is 16.9 Å². The Morgan fingerprint density at radius 1 is 1.36 bits per heavy atom. The number of hydrogen-bond donors (Lipinski definition) is 1. The minimum atomic E-state index is 0.00303. The molecule has 0 aliphatic rings. The number of benzene rings is 1. The zero-order valence-electron chi connectivity index (χ0n) is 7.74. The molecule has 0 bridgehead atoms. The highest BCUT2D eigenvalue weighted by Crippen LogP contribution is 2.24. The Labute approximate surface area is 89.0 Å². The average molecular weight is 210 g/mol. The first kappa shape index (κ1) is 10.9. The molecular formula is C11H12ClNO. The Balaban J connectivity index is 2.39. The van der Waals surface area contributed by atoms with E-state index in [9.17, 15) is 0 Å². The van der Waals surface area contributed by atoms with E-state index < -0.39 is 0 Å². The van der Waals surface area contributed by atoms with Gasteiger partial charge in [-0.15, -0.1) is 11.6 Å². The van der Waals surface area contributed by atoms with Crippen molar-refractivity contribution >= 4 is 11.6 Å². The smallest absolute Gasteiger partial charge is 0.137 e. The van der Waals surface area contributed by atoms with Crippen molar-refractivity contribution in [1.29, 1.82) is 0 Å². The predicted molar refractivity (Wildman–Crippen MR) is 57.3 cm³/mol. The number of alkyl halides is 1. The van der Waals surface area contributed by atoms with E-state index in [1.54, 1.807) is 0 Å². The van der Waals surface area contributed by atoms with Crippen LogP contribution in [0.2, 0.25) is 0 Å². The van der Waals surface area contributed by atoms with Gasteiger partial charge in [-0.25, -0.2) is 0 Å². The summed E-state index contributed by atoms with van der Waals surface area (Å²) >= 11 is 6.15. The van der Waals surface area contributed by atoms with Crippen LogP contribution in [0.5, 0.6) is 0 Å². The molecule has 1 rings (SSSR count). The molecule has 0 spiro atoms. The van der Waals surface area contributed by atoms with Gasteiger partial charge < -0.3 is 4.84 Å². The van der Waals surface area contributed by atoms with Gasteiger partial charge in [0.25, 0.3) is 0 Å². The Kier molecular flexibility index (Phi) is 4.92. The fourth-order valence-corrected chi connectivity index (χ4v) is 1.37.